The van der Waals surface area contributed by atoms with E-state index in [2.05, 4.69) is 0 Å². The van der Waals surface area contributed by atoms with Crippen LogP contribution in [0.15, 0.2) is 66.7 Å². The number of carbonyl (C=O) groups is 1. The van der Waals surface area contributed by atoms with Gasteiger partial charge in [-0.1, -0.05) is 41.7 Å². The summed E-state index contributed by atoms with van der Waals surface area (Å²) in [4.78, 5) is 20.1. The summed E-state index contributed by atoms with van der Waals surface area (Å²) < 4.78 is 6.27. The summed E-state index contributed by atoms with van der Waals surface area (Å²) in [6, 6.07) is 21.1. The topological polar surface area (TPSA) is 42.4 Å². The van der Waals surface area contributed by atoms with E-state index in [0.29, 0.717) is 10.7 Å². The minimum atomic E-state index is -0.112. The SMILES string of the molecule is COc1ccc(C(=O)N(c2nc3ccccc3s2)c2c(C)cccc2C)cc1. The summed E-state index contributed by atoms with van der Waals surface area (Å²) in [5, 5.41) is 0.666. The molecule has 140 valence electrons. The number of thiazole rings is 1. The summed E-state index contributed by atoms with van der Waals surface area (Å²) in [5.41, 5.74) is 4.41. The summed E-state index contributed by atoms with van der Waals surface area (Å²) >= 11 is 1.52. The molecule has 0 bridgehead atoms. The molecular weight excluding hydrogens is 368 g/mol. The van der Waals surface area contributed by atoms with Crippen molar-refractivity contribution in [3.05, 3.63) is 83.4 Å². The molecule has 4 nitrogen and oxygen atoms in total. The fraction of sp³-hybridized carbons (Fsp3) is 0.130. The van der Waals surface area contributed by atoms with Gasteiger partial charge >= 0.3 is 0 Å². The Hall–Kier alpha value is -3.18. The molecule has 0 atom stereocenters. The average molecular weight is 388 g/mol. The molecule has 0 aliphatic heterocycles. The smallest absolute Gasteiger partial charge is 0.264 e. The van der Waals surface area contributed by atoms with Crippen molar-refractivity contribution in [1.29, 1.82) is 0 Å². The Morgan fingerprint density at radius 1 is 0.929 bits per heavy atom. The minimum Gasteiger partial charge on any atom is -0.497 e. The molecule has 4 aromatic rings. The lowest BCUT2D eigenvalue weighted by Crippen LogP contribution is -2.27. The molecule has 0 radical (unpaired) electrons. The first-order valence-electron chi connectivity index (χ1n) is 8.99. The first-order valence-corrected chi connectivity index (χ1v) is 9.80. The van der Waals surface area contributed by atoms with Crippen LogP contribution in [0.4, 0.5) is 10.8 Å². The molecule has 1 heterocycles. The lowest BCUT2D eigenvalue weighted by atomic mass is 10.1. The van der Waals surface area contributed by atoms with Gasteiger partial charge in [-0.2, -0.15) is 0 Å². The van der Waals surface area contributed by atoms with Crippen LogP contribution in [-0.2, 0) is 0 Å². The summed E-state index contributed by atoms with van der Waals surface area (Å²) in [7, 11) is 1.61. The van der Waals surface area contributed by atoms with Crippen molar-refractivity contribution in [3.8, 4) is 5.75 Å². The highest BCUT2D eigenvalue weighted by atomic mass is 32.1. The van der Waals surface area contributed by atoms with Crippen LogP contribution in [0.5, 0.6) is 5.75 Å². The summed E-state index contributed by atoms with van der Waals surface area (Å²) in [6.45, 7) is 4.04. The number of carbonyl (C=O) groups excluding carboxylic acids is 1. The van der Waals surface area contributed by atoms with Crippen molar-refractivity contribution in [1.82, 2.24) is 4.98 Å². The number of nitrogens with zero attached hydrogens (tertiary/aromatic N) is 2. The molecule has 5 heteroatoms. The van der Waals surface area contributed by atoms with Crippen LogP contribution in [0.3, 0.4) is 0 Å². The van der Waals surface area contributed by atoms with Crippen LogP contribution in [0, 0.1) is 13.8 Å². The number of rotatable bonds is 4. The molecule has 0 aliphatic carbocycles. The van der Waals surface area contributed by atoms with E-state index in [1.165, 1.54) is 11.3 Å². The summed E-state index contributed by atoms with van der Waals surface area (Å²) in [5.74, 6) is 0.606. The Kier molecular flexibility index (Phi) is 4.84. The van der Waals surface area contributed by atoms with Gasteiger partial charge in [-0.3, -0.25) is 9.69 Å². The van der Waals surface area contributed by atoms with Crippen molar-refractivity contribution in [2.75, 3.05) is 12.0 Å². The van der Waals surface area contributed by atoms with Crippen molar-refractivity contribution < 1.29 is 9.53 Å². The van der Waals surface area contributed by atoms with Crippen molar-refractivity contribution in [3.63, 3.8) is 0 Å². The number of hydrogen-bond donors (Lipinski definition) is 0. The third kappa shape index (κ3) is 3.25. The molecule has 3 aromatic carbocycles. The molecule has 4 rings (SSSR count). The zero-order chi connectivity index (χ0) is 19.7. The number of benzene rings is 3. The predicted octanol–water partition coefficient (Wildman–Crippen LogP) is 5.90. The van der Waals surface area contributed by atoms with Gasteiger partial charge in [0.1, 0.15) is 5.75 Å². The lowest BCUT2D eigenvalue weighted by Gasteiger charge is -2.24. The van der Waals surface area contributed by atoms with Gasteiger partial charge in [-0.05, 0) is 61.4 Å². The number of ether oxygens (including phenoxy) is 1. The van der Waals surface area contributed by atoms with Gasteiger partial charge in [0.2, 0.25) is 0 Å². The monoisotopic (exact) mass is 388 g/mol. The normalized spacial score (nSPS) is 10.8. The maximum absolute atomic E-state index is 13.6. The van der Waals surface area contributed by atoms with Gasteiger partial charge in [-0.25, -0.2) is 4.98 Å². The molecule has 1 aromatic heterocycles. The van der Waals surface area contributed by atoms with Crippen LogP contribution in [0.2, 0.25) is 0 Å². The second-order valence-corrected chi connectivity index (χ2v) is 7.58. The third-order valence-corrected chi connectivity index (χ3v) is 5.70. The Morgan fingerprint density at radius 3 is 2.25 bits per heavy atom. The molecule has 0 aliphatic rings. The van der Waals surface area contributed by atoms with Gasteiger partial charge in [0.15, 0.2) is 5.13 Å². The quantitative estimate of drug-likeness (QED) is 0.437. The number of methoxy groups -OCH3 is 1. The van der Waals surface area contributed by atoms with E-state index >= 15 is 0 Å². The van der Waals surface area contributed by atoms with E-state index < -0.39 is 0 Å². The molecule has 0 N–H and O–H groups in total. The number of fused-ring (bicyclic) bond motifs is 1. The highest BCUT2D eigenvalue weighted by molar-refractivity contribution is 7.22. The molecule has 0 spiro atoms. The van der Waals surface area contributed by atoms with Gasteiger partial charge < -0.3 is 4.74 Å². The molecule has 28 heavy (non-hydrogen) atoms. The van der Waals surface area contributed by atoms with E-state index in [0.717, 1.165) is 32.8 Å². The molecule has 0 saturated carbocycles. The lowest BCUT2D eigenvalue weighted by molar-refractivity contribution is 0.0999. The fourth-order valence-electron chi connectivity index (χ4n) is 3.26. The van der Waals surface area contributed by atoms with E-state index in [1.807, 2.05) is 56.3 Å². The first kappa shape index (κ1) is 18.2. The molecule has 0 saturated heterocycles. The zero-order valence-electron chi connectivity index (χ0n) is 16.0. The molecule has 1 amide bonds. The number of anilines is 2. The zero-order valence-corrected chi connectivity index (χ0v) is 16.8. The average Bonchev–Trinajstić information content (AvgIpc) is 3.14. The molecule has 0 fully saturated rings. The first-order chi connectivity index (χ1) is 13.6. The maximum atomic E-state index is 13.6. The van der Waals surface area contributed by atoms with Crippen LogP contribution >= 0.6 is 11.3 Å². The van der Waals surface area contributed by atoms with Crippen molar-refractivity contribution in [2.45, 2.75) is 13.8 Å². The highest BCUT2D eigenvalue weighted by Gasteiger charge is 2.25. The standard InChI is InChI=1S/C23H20N2O2S/c1-15-7-6-8-16(2)21(15)25(22(26)17-11-13-18(27-3)14-12-17)23-24-19-9-4-5-10-20(19)28-23/h4-14H,1-3H3. The number of para-hydroxylation sites is 2. The van der Waals surface area contributed by atoms with Crippen LogP contribution < -0.4 is 9.64 Å². The predicted molar refractivity (Wildman–Crippen MR) is 115 cm³/mol. The number of aromatic nitrogens is 1. The molecule has 0 unspecified atom stereocenters. The Labute approximate surface area is 168 Å². The Bertz CT molecular complexity index is 1100. The van der Waals surface area contributed by atoms with Crippen molar-refractivity contribution in [2.24, 2.45) is 0 Å². The largest absolute Gasteiger partial charge is 0.497 e. The van der Waals surface area contributed by atoms with E-state index in [4.69, 9.17) is 9.72 Å². The van der Waals surface area contributed by atoms with Gasteiger partial charge in [0, 0.05) is 5.56 Å². The van der Waals surface area contributed by atoms with Gasteiger partial charge in [0.25, 0.3) is 5.91 Å². The highest BCUT2D eigenvalue weighted by Crippen LogP contribution is 2.37. The Morgan fingerprint density at radius 2 is 1.61 bits per heavy atom. The van der Waals surface area contributed by atoms with Crippen LogP contribution in [0.25, 0.3) is 10.2 Å². The number of amides is 1. The van der Waals surface area contributed by atoms with E-state index in [9.17, 15) is 4.79 Å². The summed E-state index contributed by atoms with van der Waals surface area (Å²) in [6.07, 6.45) is 0. The van der Waals surface area contributed by atoms with Crippen LogP contribution in [0.1, 0.15) is 21.5 Å². The van der Waals surface area contributed by atoms with Gasteiger partial charge in [-0.15, -0.1) is 0 Å². The molecular formula is C23H20N2O2S. The van der Waals surface area contributed by atoms with E-state index in [-0.39, 0.29) is 5.91 Å². The fourth-order valence-corrected chi connectivity index (χ4v) is 4.23. The Balaban J connectivity index is 1.89. The number of aryl methyl sites for hydroxylation is 2. The maximum Gasteiger partial charge on any atom is 0.264 e. The number of hydrogen-bond acceptors (Lipinski definition) is 4. The van der Waals surface area contributed by atoms with Crippen molar-refractivity contribution >= 4 is 38.3 Å². The van der Waals surface area contributed by atoms with E-state index in [1.54, 1.807) is 36.3 Å². The second kappa shape index (κ2) is 7.44. The third-order valence-electron chi connectivity index (χ3n) is 4.68. The van der Waals surface area contributed by atoms with Gasteiger partial charge in [0.05, 0.1) is 23.0 Å². The minimum absolute atomic E-state index is 0.112. The second-order valence-electron chi connectivity index (χ2n) is 6.57. The van der Waals surface area contributed by atoms with Crippen LogP contribution in [-0.4, -0.2) is 18.0 Å².